The molecule has 0 bridgehead atoms. The van der Waals surface area contributed by atoms with Gasteiger partial charge in [0.25, 0.3) is 0 Å². The van der Waals surface area contributed by atoms with Crippen LogP contribution in [-0.4, -0.2) is 41.0 Å². The highest BCUT2D eigenvalue weighted by atomic mass is 19.4. The highest BCUT2D eigenvalue weighted by molar-refractivity contribution is 5.83. The molecule has 0 heterocycles. The minimum atomic E-state index is -4.59. The van der Waals surface area contributed by atoms with Crippen molar-refractivity contribution in [1.29, 1.82) is 0 Å². The summed E-state index contributed by atoms with van der Waals surface area (Å²) in [5, 5.41) is 23.7. The monoisotopic (exact) mass is 297 g/mol. The van der Waals surface area contributed by atoms with Gasteiger partial charge in [-0.1, -0.05) is 30.8 Å². The van der Waals surface area contributed by atoms with Crippen molar-refractivity contribution >= 4 is 5.84 Å². The molecule has 1 unspecified atom stereocenters. The standard InChI is InChI=1S/C12H22F3N3O2/c13-12(14,15)9(10(16)18-20)7-17-8-11(19)5-3-1-2-4-6-11/h9,17,19-20H,1-8H2,(H2,16,18). The molecular weight excluding hydrogens is 275 g/mol. The maximum absolute atomic E-state index is 12.7. The Morgan fingerprint density at radius 3 is 2.25 bits per heavy atom. The van der Waals surface area contributed by atoms with Gasteiger partial charge in [-0.05, 0) is 12.8 Å². The molecule has 0 aliphatic heterocycles. The Hall–Kier alpha value is -1.02. The summed E-state index contributed by atoms with van der Waals surface area (Å²) >= 11 is 0. The van der Waals surface area contributed by atoms with Crippen LogP contribution >= 0.6 is 0 Å². The van der Waals surface area contributed by atoms with E-state index in [0.29, 0.717) is 12.8 Å². The fourth-order valence-electron chi connectivity index (χ4n) is 2.47. The smallest absolute Gasteiger partial charge is 0.400 e. The third kappa shape index (κ3) is 5.16. The number of hydrogen-bond acceptors (Lipinski definition) is 4. The van der Waals surface area contributed by atoms with Crippen LogP contribution in [0.5, 0.6) is 0 Å². The van der Waals surface area contributed by atoms with E-state index in [9.17, 15) is 18.3 Å². The van der Waals surface area contributed by atoms with Crippen LogP contribution in [0.2, 0.25) is 0 Å². The summed E-state index contributed by atoms with van der Waals surface area (Å²) in [5.41, 5.74) is 4.10. The van der Waals surface area contributed by atoms with Crippen LogP contribution in [0.1, 0.15) is 38.5 Å². The van der Waals surface area contributed by atoms with E-state index in [0.717, 1.165) is 25.7 Å². The molecule has 20 heavy (non-hydrogen) atoms. The van der Waals surface area contributed by atoms with Gasteiger partial charge < -0.3 is 21.4 Å². The zero-order valence-corrected chi connectivity index (χ0v) is 11.3. The van der Waals surface area contributed by atoms with E-state index in [1.807, 2.05) is 0 Å². The Morgan fingerprint density at radius 2 is 1.80 bits per heavy atom. The molecule has 1 aliphatic carbocycles. The lowest BCUT2D eigenvalue weighted by Crippen LogP contribution is -2.47. The molecule has 0 aromatic carbocycles. The Bertz CT molecular complexity index is 326. The largest absolute Gasteiger partial charge is 0.409 e. The van der Waals surface area contributed by atoms with Crippen molar-refractivity contribution in [3.8, 4) is 0 Å². The molecule has 0 radical (unpaired) electrons. The maximum atomic E-state index is 12.7. The van der Waals surface area contributed by atoms with E-state index in [1.54, 1.807) is 0 Å². The van der Waals surface area contributed by atoms with Crippen LogP contribution in [0, 0.1) is 5.92 Å². The molecule has 1 rings (SSSR count). The van der Waals surface area contributed by atoms with Gasteiger partial charge in [-0.15, -0.1) is 0 Å². The van der Waals surface area contributed by atoms with E-state index in [2.05, 4.69) is 10.5 Å². The minimum Gasteiger partial charge on any atom is -0.409 e. The van der Waals surface area contributed by atoms with Crippen LogP contribution < -0.4 is 11.1 Å². The molecule has 0 saturated heterocycles. The maximum Gasteiger partial charge on any atom is 0.400 e. The summed E-state index contributed by atoms with van der Waals surface area (Å²) in [7, 11) is 0. The number of nitrogens with one attached hydrogen (secondary N) is 1. The number of aliphatic hydroxyl groups is 1. The summed E-state index contributed by atoms with van der Waals surface area (Å²) in [6.07, 6.45) is 0.410. The number of rotatable bonds is 5. The van der Waals surface area contributed by atoms with Crippen molar-refractivity contribution in [3.05, 3.63) is 0 Å². The van der Waals surface area contributed by atoms with Crippen molar-refractivity contribution < 1.29 is 23.5 Å². The fourth-order valence-corrected chi connectivity index (χ4v) is 2.47. The molecule has 0 aromatic rings. The first-order valence-corrected chi connectivity index (χ1v) is 6.76. The topological polar surface area (TPSA) is 90.9 Å². The number of nitrogens with two attached hydrogens (primary N) is 1. The Balaban J connectivity index is 2.51. The zero-order chi connectivity index (χ0) is 15.2. The van der Waals surface area contributed by atoms with Gasteiger partial charge >= 0.3 is 6.18 Å². The summed E-state index contributed by atoms with van der Waals surface area (Å²) < 4.78 is 38.1. The molecule has 0 amide bonds. The van der Waals surface area contributed by atoms with Crippen LogP contribution in [0.3, 0.4) is 0 Å². The highest BCUT2D eigenvalue weighted by Gasteiger charge is 2.42. The summed E-state index contributed by atoms with van der Waals surface area (Å²) in [5.74, 6) is -2.93. The zero-order valence-electron chi connectivity index (χ0n) is 11.3. The van der Waals surface area contributed by atoms with Crippen LogP contribution in [0.25, 0.3) is 0 Å². The first-order chi connectivity index (χ1) is 9.28. The van der Waals surface area contributed by atoms with Crippen LogP contribution in [-0.2, 0) is 0 Å². The van der Waals surface area contributed by atoms with Gasteiger partial charge in [0.1, 0.15) is 5.92 Å². The molecule has 1 atom stereocenters. The molecule has 0 spiro atoms. The molecule has 5 nitrogen and oxygen atoms in total. The average molecular weight is 297 g/mol. The molecule has 0 aromatic heterocycles. The Labute approximate surface area is 116 Å². The van der Waals surface area contributed by atoms with Crippen molar-refractivity contribution in [1.82, 2.24) is 5.32 Å². The Kier molecular flexibility index (Phi) is 6.07. The lowest BCUT2D eigenvalue weighted by molar-refractivity contribution is -0.155. The molecule has 118 valence electrons. The number of amidine groups is 1. The van der Waals surface area contributed by atoms with E-state index >= 15 is 0 Å². The molecule has 5 N–H and O–H groups in total. The van der Waals surface area contributed by atoms with Gasteiger partial charge in [0.15, 0.2) is 5.84 Å². The normalized spacial score (nSPS) is 22.3. The first-order valence-electron chi connectivity index (χ1n) is 6.76. The molecular formula is C12H22F3N3O2. The predicted molar refractivity (Wildman–Crippen MR) is 68.5 cm³/mol. The number of oxime groups is 1. The fraction of sp³-hybridized carbons (Fsp3) is 0.917. The number of nitrogens with zero attached hydrogens (tertiary/aromatic N) is 1. The quantitative estimate of drug-likeness (QED) is 0.204. The SMILES string of the molecule is NC(=NO)C(CNCC1(O)CCCCCC1)C(F)(F)F. The van der Waals surface area contributed by atoms with Crippen LogP contribution in [0.4, 0.5) is 13.2 Å². The first kappa shape index (κ1) is 17.0. The average Bonchev–Trinajstić information content (AvgIpc) is 2.58. The van der Waals surface area contributed by atoms with Crippen molar-refractivity contribution in [2.45, 2.75) is 50.3 Å². The van der Waals surface area contributed by atoms with E-state index < -0.39 is 30.1 Å². The number of halogens is 3. The lowest BCUT2D eigenvalue weighted by atomic mass is 9.94. The third-order valence-corrected chi connectivity index (χ3v) is 3.70. The minimum absolute atomic E-state index is 0.0816. The highest BCUT2D eigenvalue weighted by Crippen LogP contribution is 2.28. The Morgan fingerprint density at radius 1 is 1.25 bits per heavy atom. The van der Waals surface area contributed by atoms with Crippen molar-refractivity contribution in [3.63, 3.8) is 0 Å². The molecule has 1 fully saturated rings. The summed E-state index contributed by atoms with van der Waals surface area (Å²) in [4.78, 5) is 0. The van der Waals surface area contributed by atoms with Gasteiger partial charge in [-0.2, -0.15) is 13.2 Å². The summed E-state index contributed by atoms with van der Waals surface area (Å²) in [6, 6.07) is 0. The third-order valence-electron chi connectivity index (χ3n) is 3.70. The molecule has 1 aliphatic rings. The summed E-state index contributed by atoms with van der Waals surface area (Å²) in [6.45, 7) is -0.431. The van der Waals surface area contributed by atoms with Gasteiger partial charge in [0, 0.05) is 13.1 Å². The second kappa shape index (κ2) is 7.12. The molecule has 8 heteroatoms. The van der Waals surface area contributed by atoms with Gasteiger partial charge in [-0.25, -0.2) is 0 Å². The second-order valence-electron chi connectivity index (χ2n) is 5.39. The van der Waals surface area contributed by atoms with Gasteiger partial charge in [0.2, 0.25) is 0 Å². The van der Waals surface area contributed by atoms with E-state index in [4.69, 9.17) is 10.9 Å². The lowest BCUT2D eigenvalue weighted by Gasteiger charge is -2.28. The van der Waals surface area contributed by atoms with Gasteiger partial charge in [0.05, 0.1) is 5.60 Å². The molecule has 1 saturated carbocycles. The van der Waals surface area contributed by atoms with Crippen LogP contribution in [0.15, 0.2) is 5.16 Å². The van der Waals surface area contributed by atoms with E-state index in [1.165, 1.54) is 0 Å². The number of hydrogen-bond donors (Lipinski definition) is 4. The number of alkyl halides is 3. The second-order valence-corrected chi connectivity index (χ2v) is 5.39. The van der Waals surface area contributed by atoms with Crippen molar-refractivity contribution in [2.75, 3.05) is 13.1 Å². The van der Waals surface area contributed by atoms with Crippen molar-refractivity contribution in [2.24, 2.45) is 16.8 Å². The van der Waals surface area contributed by atoms with Gasteiger partial charge in [-0.3, -0.25) is 0 Å². The predicted octanol–water partition coefficient (Wildman–Crippen LogP) is 1.59. The van der Waals surface area contributed by atoms with E-state index in [-0.39, 0.29) is 6.54 Å².